The summed E-state index contributed by atoms with van der Waals surface area (Å²) >= 11 is 5.19. The molecule has 0 saturated carbocycles. The number of benzene rings is 1. The van der Waals surface area contributed by atoms with E-state index in [2.05, 4.69) is 27.4 Å². The molecule has 0 unspecified atom stereocenters. The Kier molecular flexibility index (Phi) is 10.3. The predicted molar refractivity (Wildman–Crippen MR) is 126 cm³/mol. The van der Waals surface area contributed by atoms with Gasteiger partial charge in [-0.25, -0.2) is 4.68 Å². The van der Waals surface area contributed by atoms with Gasteiger partial charge in [-0.1, -0.05) is 117 Å². The van der Waals surface area contributed by atoms with Gasteiger partial charge in [0.1, 0.15) is 5.52 Å². The minimum Gasteiger partial charge on any atom is -0.234 e. The molecule has 0 aliphatic rings. The van der Waals surface area contributed by atoms with Gasteiger partial charge in [0.05, 0.1) is 11.4 Å². The molecular formula is C21H31N5S3. The molecule has 0 radical (unpaired) electrons. The molecule has 1 aromatic carbocycles. The lowest BCUT2D eigenvalue weighted by atomic mass is 10.1. The van der Waals surface area contributed by atoms with Crippen molar-refractivity contribution in [3.05, 3.63) is 24.3 Å². The molecule has 8 heteroatoms. The van der Waals surface area contributed by atoms with Crippen LogP contribution in [0.1, 0.15) is 71.1 Å². The predicted octanol–water partition coefficient (Wildman–Crippen LogP) is 7.05. The van der Waals surface area contributed by atoms with Gasteiger partial charge in [-0.3, -0.25) is 0 Å². The van der Waals surface area contributed by atoms with Crippen molar-refractivity contribution in [1.82, 2.24) is 25.2 Å². The van der Waals surface area contributed by atoms with Crippen LogP contribution >= 0.6 is 34.9 Å². The van der Waals surface area contributed by atoms with Crippen LogP contribution in [0.15, 0.2) is 32.9 Å². The van der Waals surface area contributed by atoms with Gasteiger partial charge in [-0.05, 0) is 18.6 Å². The molecule has 5 nitrogen and oxygen atoms in total. The lowest BCUT2D eigenvalue weighted by molar-refractivity contribution is 0.563. The fraction of sp³-hybridized carbons (Fsp3) is 0.619. The Labute approximate surface area is 186 Å². The molecule has 3 aromatic rings. The summed E-state index contributed by atoms with van der Waals surface area (Å²) in [5.74, 6) is 1.85. The molecule has 0 bridgehead atoms. The van der Waals surface area contributed by atoms with Crippen molar-refractivity contribution in [2.24, 2.45) is 0 Å². The highest BCUT2D eigenvalue weighted by molar-refractivity contribution is 8.02. The van der Waals surface area contributed by atoms with Gasteiger partial charge in [-0.15, -0.1) is 15.3 Å². The van der Waals surface area contributed by atoms with Crippen LogP contribution in [0.2, 0.25) is 0 Å². The van der Waals surface area contributed by atoms with Crippen molar-refractivity contribution in [3.8, 4) is 0 Å². The van der Waals surface area contributed by atoms with Crippen molar-refractivity contribution < 1.29 is 0 Å². The van der Waals surface area contributed by atoms with E-state index in [-0.39, 0.29) is 0 Å². The Morgan fingerprint density at radius 1 is 0.793 bits per heavy atom. The first-order valence-electron chi connectivity index (χ1n) is 10.7. The van der Waals surface area contributed by atoms with E-state index in [1.807, 2.05) is 40.7 Å². The molecule has 0 aliphatic heterocycles. The second kappa shape index (κ2) is 13.2. The maximum absolute atomic E-state index is 4.33. The van der Waals surface area contributed by atoms with Crippen LogP contribution < -0.4 is 0 Å². The molecule has 0 aliphatic carbocycles. The average Bonchev–Trinajstić information content (AvgIpc) is 3.37. The van der Waals surface area contributed by atoms with Crippen LogP contribution in [0, 0.1) is 0 Å². The highest BCUT2D eigenvalue weighted by atomic mass is 32.2. The molecular weight excluding hydrogens is 418 g/mol. The van der Waals surface area contributed by atoms with Crippen LogP contribution in [0.4, 0.5) is 0 Å². The second-order valence-electron chi connectivity index (χ2n) is 7.22. The summed E-state index contributed by atoms with van der Waals surface area (Å²) in [5, 5.41) is 17.1. The highest BCUT2D eigenvalue weighted by Crippen LogP contribution is 2.30. The van der Waals surface area contributed by atoms with Gasteiger partial charge >= 0.3 is 0 Å². The molecule has 0 fully saturated rings. The van der Waals surface area contributed by atoms with Gasteiger partial charge in [0, 0.05) is 5.75 Å². The fourth-order valence-electron chi connectivity index (χ4n) is 3.19. The number of rotatable bonds is 15. The summed E-state index contributed by atoms with van der Waals surface area (Å²) in [6.07, 6.45) is 13.8. The summed E-state index contributed by atoms with van der Waals surface area (Å²) in [6, 6.07) is 8.03. The molecule has 2 aromatic heterocycles. The third kappa shape index (κ3) is 7.90. The largest absolute Gasteiger partial charge is 0.234 e. The minimum absolute atomic E-state index is 0.707. The average molecular weight is 450 g/mol. The van der Waals surface area contributed by atoms with E-state index in [0.717, 1.165) is 25.5 Å². The zero-order chi connectivity index (χ0) is 20.2. The maximum Gasteiger partial charge on any atom is 0.176 e. The monoisotopic (exact) mass is 449 g/mol. The summed E-state index contributed by atoms with van der Waals surface area (Å²) < 4.78 is 3.99. The Morgan fingerprint density at radius 2 is 1.45 bits per heavy atom. The summed E-state index contributed by atoms with van der Waals surface area (Å²) in [6.45, 7) is 2.28. The number of nitrogens with zero attached hydrogens (tertiary/aromatic N) is 5. The van der Waals surface area contributed by atoms with Gasteiger partial charge in [0.15, 0.2) is 8.68 Å². The maximum atomic E-state index is 4.33. The van der Waals surface area contributed by atoms with Gasteiger partial charge in [-0.2, -0.15) is 0 Å². The SMILES string of the molecule is CCCCCCCCCCCCSc1nnc(SCn2nnc3ccccc32)s1. The number of para-hydroxylation sites is 1. The molecule has 2 heterocycles. The zero-order valence-electron chi connectivity index (χ0n) is 17.3. The Hall–Kier alpha value is -1.12. The van der Waals surface area contributed by atoms with Crippen molar-refractivity contribution in [2.75, 3.05) is 5.75 Å². The fourth-order valence-corrected chi connectivity index (χ4v) is 6.16. The van der Waals surface area contributed by atoms with E-state index < -0.39 is 0 Å². The third-order valence-corrected chi connectivity index (χ3v) is 8.09. The van der Waals surface area contributed by atoms with Crippen molar-refractivity contribution in [1.29, 1.82) is 0 Å². The summed E-state index contributed by atoms with van der Waals surface area (Å²) in [7, 11) is 0. The van der Waals surface area contributed by atoms with Crippen molar-refractivity contribution in [2.45, 2.75) is 85.7 Å². The van der Waals surface area contributed by atoms with Gasteiger partial charge < -0.3 is 0 Å². The lowest BCUT2D eigenvalue weighted by Gasteiger charge is -2.01. The molecule has 0 spiro atoms. The van der Waals surface area contributed by atoms with Crippen LogP contribution in [-0.4, -0.2) is 30.9 Å². The van der Waals surface area contributed by atoms with Gasteiger partial charge in [0.2, 0.25) is 0 Å². The Balaban J connectivity index is 1.25. The number of aromatic nitrogens is 5. The van der Waals surface area contributed by atoms with E-state index >= 15 is 0 Å². The smallest absolute Gasteiger partial charge is 0.176 e. The number of thioether (sulfide) groups is 2. The molecule has 29 heavy (non-hydrogen) atoms. The molecule has 0 saturated heterocycles. The zero-order valence-corrected chi connectivity index (χ0v) is 19.7. The Morgan fingerprint density at radius 3 is 2.21 bits per heavy atom. The minimum atomic E-state index is 0.707. The summed E-state index contributed by atoms with van der Waals surface area (Å²) in [5.41, 5.74) is 1.98. The molecule has 158 valence electrons. The number of hydrogen-bond acceptors (Lipinski definition) is 7. The first-order chi connectivity index (χ1) is 14.4. The van der Waals surface area contributed by atoms with E-state index in [1.54, 1.807) is 23.1 Å². The van der Waals surface area contributed by atoms with Crippen LogP contribution in [0.3, 0.4) is 0 Å². The first kappa shape index (κ1) is 22.6. The molecule has 0 atom stereocenters. The molecule has 0 N–H and O–H groups in total. The van der Waals surface area contributed by atoms with E-state index in [0.29, 0.717) is 5.88 Å². The van der Waals surface area contributed by atoms with E-state index in [1.165, 1.54) is 64.2 Å². The number of unbranched alkanes of at least 4 members (excludes halogenated alkanes) is 9. The third-order valence-electron chi connectivity index (χ3n) is 4.84. The normalized spacial score (nSPS) is 11.5. The highest BCUT2D eigenvalue weighted by Gasteiger charge is 2.08. The van der Waals surface area contributed by atoms with Crippen LogP contribution in [-0.2, 0) is 5.88 Å². The quantitative estimate of drug-likeness (QED) is 0.183. The number of fused-ring (bicyclic) bond motifs is 1. The van der Waals surface area contributed by atoms with Crippen molar-refractivity contribution in [3.63, 3.8) is 0 Å². The van der Waals surface area contributed by atoms with E-state index in [4.69, 9.17) is 0 Å². The number of hydrogen-bond donors (Lipinski definition) is 0. The topological polar surface area (TPSA) is 56.5 Å². The van der Waals surface area contributed by atoms with Gasteiger partial charge in [0.25, 0.3) is 0 Å². The van der Waals surface area contributed by atoms with Crippen LogP contribution in [0.5, 0.6) is 0 Å². The lowest BCUT2D eigenvalue weighted by Crippen LogP contribution is -1.96. The standard InChI is InChI=1S/C21H31N5S3/c1-2-3-4-5-6-7-8-9-10-13-16-27-20-23-24-21(29-20)28-17-26-19-15-12-11-14-18(19)22-25-26/h11-12,14-15H,2-10,13,16-17H2,1H3. The van der Waals surface area contributed by atoms with Crippen LogP contribution in [0.25, 0.3) is 11.0 Å². The summed E-state index contributed by atoms with van der Waals surface area (Å²) in [4.78, 5) is 0. The van der Waals surface area contributed by atoms with Crippen molar-refractivity contribution >= 4 is 45.9 Å². The first-order valence-corrected chi connectivity index (χ1v) is 13.5. The Bertz CT molecular complexity index is 832. The second-order valence-corrected chi connectivity index (χ2v) is 10.7. The van der Waals surface area contributed by atoms with E-state index in [9.17, 15) is 0 Å². The molecule has 3 rings (SSSR count). The molecule has 0 amide bonds.